The van der Waals surface area contributed by atoms with Gasteiger partial charge in [-0.1, -0.05) is 35.3 Å². The zero-order valence-electron chi connectivity index (χ0n) is 13.7. The van der Waals surface area contributed by atoms with Crippen molar-refractivity contribution in [2.24, 2.45) is 0 Å². The summed E-state index contributed by atoms with van der Waals surface area (Å²) in [6, 6.07) is 4.44. The summed E-state index contributed by atoms with van der Waals surface area (Å²) >= 11 is 12.0. The number of halogens is 2. The van der Waals surface area contributed by atoms with Crippen LogP contribution in [-0.4, -0.2) is 53.9 Å². The first-order chi connectivity index (χ1) is 11.9. The molecule has 1 aliphatic rings. The highest BCUT2D eigenvalue weighted by molar-refractivity contribution is 7.89. The van der Waals surface area contributed by atoms with Crippen molar-refractivity contribution in [1.82, 2.24) is 19.3 Å². The standard InChI is InChI=1S/C15H18Cl2N4O3S/c1-2-14-18-15(24-19-14)10-20-5-7-21(8-6-20)25(22,23)13-9-11(16)3-4-12(13)17/h3-4,9H,2,5-8,10H2,1H3. The molecule has 0 aliphatic carbocycles. The number of hydrogen-bond donors (Lipinski definition) is 0. The minimum Gasteiger partial charge on any atom is -0.338 e. The minimum absolute atomic E-state index is 0.0413. The van der Waals surface area contributed by atoms with Gasteiger partial charge in [-0.2, -0.15) is 9.29 Å². The average molecular weight is 405 g/mol. The van der Waals surface area contributed by atoms with E-state index in [1.807, 2.05) is 6.92 Å². The number of sulfonamides is 1. The van der Waals surface area contributed by atoms with Gasteiger partial charge in [-0.3, -0.25) is 4.90 Å². The number of aromatic nitrogens is 2. The fourth-order valence-corrected chi connectivity index (χ4v) is 4.79. The zero-order chi connectivity index (χ0) is 18.0. The lowest BCUT2D eigenvalue weighted by Crippen LogP contribution is -2.48. The largest absolute Gasteiger partial charge is 0.338 e. The van der Waals surface area contributed by atoms with E-state index in [1.165, 1.54) is 16.4 Å². The number of aryl methyl sites for hydroxylation is 1. The molecule has 0 N–H and O–H groups in total. The molecule has 1 aliphatic heterocycles. The van der Waals surface area contributed by atoms with Crippen LogP contribution < -0.4 is 0 Å². The molecule has 1 aromatic carbocycles. The lowest BCUT2D eigenvalue weighted by atomic mass is 10.3. The van der Waals surface area contributed by atoms with Crippen molar-refractivity contribution in [3.05, 3.63) is 40.0 Å². The molecule has 0 unspecified atom stereocenters. The molecule has 1 aromatic heterocycles. The highest BCUT2D eigenvalue weighted by Gasteiger charge is 2.30. The Balaban J connectivity index is 1.66. The summed E-state index contributed by atoms with van der Waals surface area (Å²) in [4.78, 5) is 6.40. The van der Waals surface area contributed by atoms with Crippen molar-refractivity contribution in [3.8, 4) is 0 Å². The second-order valence-electron chi connectivity index (χ2n) is 5.71. The zero-order valence-corrected chi connectivity index (χ0v) is 16.0. The molecule has 136 valence electrons. The highest BCUT2D eigenvalue weighted by Crippen LogP contribution is 2.28. The summed E-state index contributed by atoms with van der Waals surface area (Å²) in [5.41, 5.74) is 0. The van der Waals surface area contributed by atoms with E-state index in [4.69, 9.17) is 27.7 Å². The third-order valence-electron chi connectivity index (χ3n) is 4.03. The number of rotatable bonds is 5. The van der Waals surface area contributed by atoms with Gasteiger partial charge in [-0.05, 0) is 18.2 Å². The summed E-state index contributed by atoms with van der Waals surface area (Å²) in [7, 11) is -3.67. The summed E-state index contributed by atoms with van der Waals surface area (Å²) in [6.45, 7) is 4.33. The van der Waals surface area contributed by atoms with Gasteiger partial charge in [-0.25, -0.2) is 8.42 Å². The van der Waals surface area contributed by atoms with Crippen LogP contribution in [0.5, 0.6) is 0 Å². The van der Waals surface area contributed by atoms with E-state index >= 15 is 0 Å². The van der Waals surface area contributed by atoms with E-state index < -0.39 is 10.0 Å². The summed E-state index contributed by atoms with van der Waals surface area (Å²) in [5.74, 6) is 1.22. The maximum absolute atomic E-state index is 12.8. The van der Waals surface area contributed by atoms with Gasteiger partial charge in [0.25, 0.3) is 0 Å². The van der Waals surface area contributed by atoms with E-state index in [0.717, 1.165) is 6.42 Å². The van der Waals surface area contributed by atoms with Crippen molar-refractivity contribution < 1.29 is 12.9 Å². The van der Waals surface area contributed by atoms with Crippen LogP contribution in [0, 0.1) is 0 Å². The predicted octanol–water partition coefficient (Wildman–Crippen LogP) is 2.45. The Morgan fingerprint density at radius 3 is 2.56 bits per heavy atom. The van der Waals surface area contributed by atoms with Gasteiger partial charge in [0.15, 0.2) is 5.82 Å². The minimum atomic E-state index is -3.67. The molecule has 0 bridgehead atoms. The number of hydrogen-bond acceptors (Lipinski definition) is 6. The number of benzene rings is 1. The highest BCUT2D eigenvalue weighted by atomic mass is 35.5. The van der Waals surface area contributed by atoms with Crippen molar-refractivity contribution in [3.63, 3.8) is 0 Å². The summed E-state index contributed by atoms with van der Waals surface area (Å²) in [5, 5.41) is 4.37. The van der Waals surface area contributed by atoms with E-state index in [-0.39, 0.29) is 9.92 Å². The molecule has 0 saturated carbocycles. The topological polar surface area (TPSA) is 79.5 Å². The van der Waals surface area contributed by atoms with Crippen molar-refractivity contribution in [2.75, 3.05) is 26.2 Å². The van der Waals surface area contributed by atoms with E-state index in [9.17, 15) is 8.42 Å². The first-order valence-corrected chi connectivity index (χ1v) is 10.1. The SMILES string of the molecule is CCc1noc(CN2CCN(S(=O)(=O)c3cc(Cl)ccc3Cl)CC2)n1. The van der Waals surface area contributed by atoms with Crippen LogP contribution in [-0.2, 0) is 23.0 Å². The predicted molar refractivity (Wildman–Crippen MR) is 94.2 cm³/mol. The van der Waals surface area contributed by atoms with Crippen molar-refractivity contribution in [1.29, 1.82) is 0 Å². The fourth-order valence-electron chi connectivity index (χ4n) is 2.63. The number of nitrogens with zero attached hydrogens (tertiary/aromatic N) is 4. The van der Waals surface area contributed by atoms with Gasteiger partial charge in [0, 0.05) is 37.6 Å². The Morgan fingerprint density at radius 1 is 1.20 bits per heavy atom. The molecule has 2 aromatic rings. The molecular formula is C15H18Cl2N4O3S. The molecule has 0 spiro atoms. The van der Waals surface area contributed by atoms with Crippen LogP contribution in [0.3, 0.4) is 0 Å². The Hall–Kier alpha value is -1.19. The van der Waals surface area contributed by atoms with Crippen LogP contribution in [0.15, 0.2) is 27.6 Å². The number of piperazine rings is 1. The lowest BCUT2D eigenvalue weighted by molar-refractivity contribution is 0.163. The Morgan fingerprint density at radius 2 is 1.92 bits per heavy atom. The first kappa shape index (κ1) is 18.6. The van der Waals surface area contributed by atoms with E-state index in [1.54, 1.807) is 6.07 Å². The molecule has 10 heteroatoms. The quantitative estimate of drug-likeness (QED) is 0.761. The monoisotopic (exact) mass is 404 g/mol. The van der Waals surface area contributed by atoms with Gasteiger partial charge < -0.3 is 4.52 Å². The average Bonchev–Trinajstić information content (AvgIpc) is 3.05. The molecule has 0 radical (unpaired) electrons. The summed E-state index contributed by atoms with van der Waals surface area (Å²) in [6.07, 6.45) is 0.718. The van der Waals surface area contributed by atoms with Crippen molar-refractivity contribution >= 4 is 33.2 Å². The van der Waals surface area contributed by atoms with Gasteiger partial charge >= 0.3 is 0 Å². The van der Waals surface area contributed by atoms with Gasteiger partial charge in [0.1, 0.15) is 4.90 Å². The third-order valence-corrected chi connectivity index (χ3v) is 6.64. The van der Waals surface area contributed by atoms with Crippen LogP contribution in [0.25, 0.3) is 0 Å². The van der Waals surface area contributed by atoms with Crippen molar-refractivity contribution in [2.45, 2.75) is 24.8 Å². The van der Waals surface area contributed by atoms with Crippen LogP contribution in [0.4, 0.5) is 0 Å². The Kier molecular flexibility index (Phi) is 5.65. The first-order valence-electron chi connectivity index (χ1n) is 7.89. The Bertz CT molecular complexity index is 848. The molecule has 0 amide bonds. The van der Waals surface area contributed by atoms with Crippen LogP contribution >= 0.6 is 23.2 Å². The lowest BCUT2D eigenvalue weighted by Gasteiger charge is -2.33. The second kappa shape index (κ2) is 7.59. The second-order valence-corrected chi connectivity index (χ2v) is 8.46. The van der Waals surface area contributed by atoms with Gasteiger partial charge in [0.2, 0.25) is 15.9 Å². The molecule has 3 rings (SSSR count). The van der Waals surface area contributed by atoms with Gasteiger partial charge in [-0.15, -0.1) is 0 Å². The molecule has 1 saturated heterocycles. The maximum atomic E-state index is 12.8. The van der Waals surface area contributed by atoms with Gasteiger partial charge in [0.05, 0.1) is 11.6 Å². The molecule has 7 nitrogen and oxygen atoms in total. The van der Waals surface area contributed by atoms with E-state index in [2.05, 4.69) is 15.0 Å². The maximum Gasteiger partial charge on any atom is 0.244 e. The fraction of sp³-hybridized carbons (Fsp3) is 0.467. The molecule has 0 atom stereocenters. The normalized spacial score (nSPS) is 17.1. The molecule has 25 heavy (non-hydrogen) atoms. The smallest absolute Gasteiger partial charge is 0.244 e. The molecular weight excluding hydrogens is 387 g/mol. The molecule has 1 fully saturated rings. The Labute approximate surface area is 156 Å². The van der Waals surface area contributed by atoms with Crippen LogP contribution in [0.1, 0.15) is 18.6 Å². The summed E-state index contributed by atoms with van der Waals surface area (Å²) < 4.78 is 32.2. The van der Waals surface area contributed by atoms with Crippen LogP contribution in [0.2, 0.25) is 10.0 Å². The van der Waals surface area contributed by atoms with E-state index in [0.29, 0.717) is 49.5 Å². The molecule has 2 heterocycles. The third kappa shape index (κ3) is 4.15.